The lowest BCUT2D eigenvalue weighted by atomic mass is 9.96. The van der Waals surface area contributed by atoms with Gasteiger partial charge in [-0.25, -0.2) is 0 Å². The number of hydrogen-bond donors (Lipinski definition) is 0. The zero-order chi connectivity index (χ0) is 11.9. The maximum absolute atomic E-state index is 11.8. The molecule has 1 heterocycles. The summed E-state index contributed by atoms with van der Waals surface area (Å²) < 4.78 is 2.37. The summed E-state index contributed by atoms with van der Waals surface area (Å²) in [6, 6.07) is 2.56. The number of hydrogen-bond acceptors (Lipinski definition) is 1. The van der Waals surface area contributed by atoms with Crippen LogP contribution in [0.2, 0.25) is 0 Å². The number of Topliss-reactive ketones (excluding diaryl/α,β-unsaturated/α-hetero) is 1. The fraction of sp³-hybridized carbons (Fsp3) is 0.643. The van der Waals surface area contributed by atoms with Crippen molar-refractivity contribution >= 4 is 5.78 Å². The van der Waals surface area contributed by atoms with Crippen LogP contribution in [-0.2, 0) is 6.42 Å². The molecular weight excluding hydrogens is 198 g/mol. The van der Waals surface area contributed by atoms with Crippen LogP contribution in [0.4, 0.5) is 0 Å². The number of nitrogens with zero attached hydrogens (tertiary/aromatic N) is 1. The minimum Gasteiger partial charge on any atom is -0.345 e. The minimum atomic E-state index is 0.332. The van der Waals surface area contributed by atoms with Gasteiger partial charge in [0.2, 0.25) is 0 Å². The molecule has 0 radical (unpaired) electrons. The Morgan fingerprint density at radius 2 is 1.94 bits per heavy atom. The smallest absolute Gasteiger partial charge is 0.164 e. The van der Waals surface area contributed by atoms with E-state index in [0.29, 0.717) is 17.7 Å². The molecule has 2 rings (SSSR count). The van der Waals surface area contributed by atoms with Gasteiger partial charge in [0, 0.05) is 29.4 Å². The molecule has 1 aromatic rings. The van der Waals surface area contributed by atoms with Gasteiger partial charge in [-0.15, -0.1) is 0 Å². The number of fused-ring (bicyclic) bond motifs is 1. The van der Waals surface area contributed by atoms with E-state index in [0.717, 1.165) is 24.8 Å². The highest BCUT2D eigenvalue weighted by atomic mass is 16.1. The van der Waals surface area contributed by atoms with Crippen molar-refractivity contribution in [3.8, 4) is 0 Å². The second-order valence-electron chi connectivity index (χ2n) is 5.28. The monoisotopic (exact) mass is 219 g/mol. The van der Waals surface area contributed by atoms with Gasteiger partial charge in [-0.05, 0) is 38.7 Å². The predicted octanol–water partition coefficient (Wildman–Crippen LogP) is 3.53. The first-order valence-electron chi connectivity index (χ1n) is 6.26. The van der Waals surface area contributed by atoms with Gasteiger partial charge in [-0.2, -0.15) is 0 Å². The molecule has 0 aliphatic heterocycles. The molecular formula is C14H21NO. The van der Waals surface area contributed by atoms with Crippen molar-refractivity contribution in [2.45, 2.75) is 53.0 Å². The third-order valence-electron chi connectivity index (χ3n) is 3.82. The van der Waals surface area contributed by atoms with E-state index in [1.807, 2.05) is 0 Å². The molecule has 88 valence electrons. The third kappa shape index (κ3) is 1.70. The van der Waals surface area contributed by atoms with Crippen molar-refractivity contribution < 1.29 is 4.79 Å². The van der Waals surface area contributed by atoms with E-state index in [1.165, 1.54) is 11.4 Å². The van der Waals surface area contributed by atoms with Gasteiger partial charge in [-0.1, -0.05) is 13.8 Å². The number of aryl methyl sites for hydroxylation is 1. The molecule has 1 atom stereocenters. The molecule has 0 saturated heterocycles. The molecule has 1 unspecified atom stereocenters. The van der Waals surface area contributed by atoms with Crippen molar-refractivity contribution in [3.63, 3.8) is 0 Å². The van der Waals surface area contributed by atoms with E-state index in [1.54, 1.807) is 0 Å². The number of carbonyl (C=O) groups is 1. The average Bonchev–Trinajstić information content (AvgIpc) is 2.55. The molecule has 1 aromatic heterocycles. The number of ketones is 1. The molecule has 0 amide bonds. The summed E-state index contributed by atoms with van der Waals surface area (Å²) in [5.41, 5.74) is 3.49. The van der Waals surface area contributed by atoms with E-state index in [-0.39, 0.29) is 0 Å². The minimum absolute atomic E-state index is 0.332. The molecule has 0 N–H and O–H groups in total. The fourth-order valence-corrected chi connectivity index (χ4v) is 2.62. The van der Waals surface area contributed by atoms with Crippen molar-refractivity contribution in [3.05, 3.63) is 23.0 Å². The summed E-state index contributed by atoms with van der Waals surface area (Å²) >= 11 is 0. The van der Waals surface area contributed by atoms with Crippen LogP contribution in [0.5, 0.6) is 0 Å². The van der Waals surface area contributed by atoms with Crippen LogP contribution >= 0.6 is 0 Å². The summed E-state index contributed by atoms with van der Waals surface area (Å²) in [5.74, 6) is 0.936. The van der Waals surface area contributed by atoms with E-state index < -0.39 is 0 Å². The molecule has 0 saturated carbocycles. The fourth-order valence-electron chi connectivity index (χ4n) is 2.62. The molecule has 16 heavy (non-hydrogen) atoms. The maximum atomic E-state index is 11.8. The summed E-state index contributed by atoms with van der Waals surface area (Å²) in [6.45, 7) is 8.84. The van der Waals surface area contributed by atoms with Crippen molar-refractivity contribution in [2.75, 3.05) is 0 Å². The zero-order valence-corrected chi connectivity index (χ0v) is 10.7. The first-order valence-corrected chi connectivity index (χ1v) is 6.26. The first kappa shape index (κ1) is 11.4. The Labute approximate surface area is 97.7 Å². The van der Waals surface area contributed by atoms with E-state index in [4.69, 9.17) is 0 Å². The maximum Gasteiger partial charge on any atom is 0.164 e. The molecule has 2 heteroatoms. The quantitative estimate of drug-likeness (QED) is 0.745. The molecule has 2 nitrogen and oxygen atoms in total. The Morgan fingerprint density at radius 3 is 2.56 bits per heavy atom. The second-order valence-corrected chi connectivity index (χ2v) is 5.28. The highest BCUT2D eigenvalue weighted by molar-refractivity contribution is 5.98. The third-order valence-corrected chi connectivity index (χ3v) is 3.82. The van der Waals surface area contributed by atoms with Crippen LogP contribution in [0.25, 0.3) is 0 Å². The average molecular weight is 219 g/mol. The normalized spacial score (nSPS) is 17.7. The van der Waals surface area contributed by atoms with Crippen molar-refractivity contribution in [1.29, 1.82) is 0 Å². The highest BCUT2D eigenvalue weighted by Crippen LogP contribution is 2.30. The van der Waals surface area contributed by atoms with Crippen LogP contribution in [0.1, 0.15) is 61.4 Å². The summed E-state index contributed by atoms with van der Waals surface area (Å²) in [6.07, 6.45) is 2.80. The Balaban J connectivity index is 2.50. The van der Waals surface area contributed by atoms with Crippen LogP contribution in [0.15, 0.2) is 6.07 Å². The lowest BCUT2D eigenvalue weighted by Gasteiger charge is -2.24. The molecule has 1 aliphatic carbocycles. The SMILES string of the molecule is Cc1cc2c(n1C(C)C(C)C)CCCC2=O. The van der Waals surface area contributed by atoms with E-state index in [2.05, 4.69) is 38.3 Å². The molecule has 0 aromatic carbocycles. The number of rotatable bonds is 2. The topological polar surface area (TPSA) is 22.0 Å². The number of aromatic nitrogens is 1. The largest absolute Gasteiger partial charge is 0.345 e. The van der Waals surface area contributed by atoms with Gasteiger partial charge < -0.3 is 4.57 Å². The Bertz CT molecular complexity index is 415. The van der Waals surface area contributed by atoms with Crippen LogP contribution < -0.4 is 0 Å². The predicted molar refractivity (Wildman–Crippen MR) is 66.0 cm³/mol. The Kier molecular flexibility index (Phi) is 2.92. The first-order chi connectivity index (χ1) is 7.52. The van der Waals surface area contributed by atoms with Crippen LogP contribution in [0, 0.1) is 12.8 Å². The van der Waals surface area contributed by atoms with Crippen molar-refractivity contribution in [1.82, 2.24) is 4.57 Å². The van der Waals surface area contributed by atoms with Gasteiger partial charge in [0.15, 0.2) is 5.78 Å². The zero-order valence-electron chi connectivity index (χ0n) is 10.7. The molecule has 0 bridgehead atoms. The van der Waals surface area contributed by atoms with Crippen LogP contribution in [0.3, 0.4) is 0 Å². The highest BCUT2D eigenvalue weighted by Gasteiger charge is 2.25. The Morgan fingerprint density at radius 1 is 1.25 bits per heavy atom. The summed E-state index contributed by atoms with van der Waals surface area (Å²) in [7, 11) is 0. The lowest BCUT2D eigenvalue weighted by molar-refractivity contribution is 0.0971. The standard InChI is InChI=1S/C14H21NO/c1-9(2)11(4)15-10(3)8-12-13(15)6-5-7-14(12)16/h8-9,11H,5-7H2,1-4H3. The summed E-state index contributed by atoms with van der Waals surface area (Å²) in [4.78, 5) is 11.8. The van der Waals surface area contributed by atoms with E-state index in [9.17, 15) is 4.79 Å². The van der Waals surface area contributed by atoms with Crippen molar-refractivity contribution in [2.24, 2.45) is 5.92 Å². The molecule has 0 fully saturated rings. The van der Waals surface area contributed by atoms with Gasteiger partial charge >= 0.3 is 0 Å². The van der Waals surface area contributed by atoms with Gasteiger partial charge in [0.1, 0.15) is 0 Å². The number of carbonyl (C=O) groups excluding carboxylic acids is 1. The van der Waals surface area contributed by atoms with Crippen LogP contribution in [-0.4, -0.2) is 10.4 Å². The molecule has 1 aliphatic rings. The summed E-state index contributed by atoms with van der Waals surface area (Å²) in [5, 5.41) is 0. The molecule has 0 spiro atoms. The van der Waals surface area contributed by atoms with Gasteiger partial charge in [0.25, 0.3) is 0 Å². The van der Waals surface area contributed by atoms with E-state index >= 15 is 0 Å². The second kappa shape index (κ2) is 4.08. The Hall–Kier alpha value is -1.05. The van der Waals surface area contributed by atoms with Gasteiger partial charge in [0.05, 0.1) is 0 Å². The lowest BCUT2D eigenvalue weighted by Crippen LogP contribution is -2.19. The van der Waals surface area contributed by atoms with Gasteiger partial charge in [-0.3, -0.25) is 4.79 Å².